The summed E-state index contributed by atoms with van der Waals surface area (Å²) in [5.74, 6) is 0.758. The van der Waals surface area contributed by atoms with Gasteiger partial charge in [0.25, 0.3) is 0 Å². The van der Waals surface area contributed by atoms with Crippen molar-refractivity contribution >= 4 is 23.4 Å². The number of hydrogen-bond acceptors (Lipinski definition) is 2. The topological polar surface area (TPSA) is 9.23 Å². The average Bonchev–Trinajstić information content (AvgIpc) is 1.87. The summed E-state index contributed by atoms with van der Waals surface area (Å²) >= 11 is 7.55. The normalized spacial score (nSPS) is 16.4. The van der Waals surface area contributed by atoms with Gasteiger partial charge in [-0.1, -0.05) is 13.8 Å². The van der Waals surface area contributed by atoms with Crippen molar-refractivity contribution in [1.82, 2.24) is 0 Å². The van der Waals surface area contributed by atoms with Crippen LogP contribution in [0, 0.1) is 0 Å². The summed E-state index contributed by atoms with van der Waals surface area (Å²) in [6.45, 7) is 5.22. The molecule has 0 aliphatic carbocycles. The molecule has 0 radical (unpaired) electrons. The third-order valence-corrected chi connectivity index (χ3v) is 2.90. The van der Waals surface area contributed by atoms with Crippen LogP contribution in [-0.4, -0.2) is 30.1 Å². The van der Waals surface area contributed by atoms with Gasteiger partial charge in [-0.25, -0.2) is 0 Å². The maximum absolute atomic E-state index is 5.61. The SMILES string of the molecule is COCC(C)SC(C)CCCl. The molecule has 0 aromatic heterocycles. The van der Waals surface area contributed by atoms with Crippen LogP contribution in [0.5, 0.6) is 0 Å². The predicted octanol–water partition coefficient (Wildman–Crippen LogP) is 2.77. The minimum Gasteiger partial charge on any atom is -0.384 e. The Morgan fingerprint density at radius 1 is 1.36 bits per heavy atom. The minimum absolute atomic E-state index is 0.582. The summed E-state index contributed by atoms with van der Waals surface area (Å²) in [7, 11) is 1.74. The van der Waals surface area contributed by atoms with E-state index in [-0.39, 0.29) is 0 Å². The van der Waals surface area contributed by atoms with Gasteiger partial charge in [-0.05, 0) is 6.42 Å². The fourth-order valence-electron chi connectivity index (χ4n) is 0.892. The first-order valence-electron chi connectivity index (χ1n) is 3.91. The highest BCUT2D eigenvalue weighted by Gasteiger charge is 2.07. The van der Waals surface area contributed by atoms with Crippen molar-refractivity contribution in [2.24, 2.45) is 0 Å². The summed E-state index contributed by atoms with van der Waals surface area (Å²) in [6.07, 6.45) is 1.08. The smallest absolute Gasteiger partial charge is 0.0578 e. The molecule has 0 bridgehead atoms. The lowest BCUT2D eigenvalue weighted by atomic mass is 10.4. The molecule has 0 rings (SSSR count). The zero-order valence-corrected chi connectivity index (χ0v) is 9.04. The lowest BCUT2D eigenvalue weighted by molar-refractivity contribution is 0.203. The van der Waals surface area contributed by atoms with E-state index in [9.17, 15) is 0 Å². The standard InChI is InChI=1S/C8H17ClOS/c1-7(4-5-9)11-8(2)6-10-3/h7-8H,4-6H2,1-3H3. The third kappa shape index (κ3) is 6.98. The first-order chi connectivity index (χ1) is 5.20. The Hall–Kier alpha value is 0.600. The van der Waals surface area contributed by atoms with Crippen molar-refractivity contribution < 1.29 is 4.74 Å². The molecule has 0 fully saturated rings. The van der Waals surface area contributed by atoms with Crippen molar-refractivity contribution in [3.63, 3.8) is 0 Å². The number of thioether (sulfide) groups is 1. The molecule has 1 nitrogen and oxygen atoms in total. The van der Waals surface area contributed by atoms with Crippen LogP contribution >= 0.6 is 23.4 Å². The zero-order valence-electron chi connectivity index (χ0n) is 7.47. The van der Waals surface area contributed by atoms with Crippen molar-refractivity contribution in [3.8, 4) is 0 Å². The molecule has 0 amide bonds. The molecule has 3 heteroatoms. The van der Waals surface area contributed by atoms with Crippen LogP contribution < -0.4 is 0 Å². The summed E-state index contributed by atoms with van der Waals surface area (Å²) in [5, 5.41) is 1.23. The lowest BCUT2D eigenvalue weighted by Gasteiger charge is -2.14. The molecular weight excluding hydrogens is 180 g/mol. The molecule has 0 aromatic rings. The Morgan fingerprint density at radius 2 is 2.00 bits per heavy atom. The van der Waals surface area contributed by atoms with E-state index in [1.165, 1.54) is 0 Å². The van der Waals surface area contributed by atoms with Gasteiger partial charge in [0.2, 0.25) is 0 Å². The Bertz CT molecular complexity index is 80.2. The van der Waals surface area contributed by atoms with Crippen LogP contribution in [0.25, 0.3) is 0 Å². The second-order valence-corrected chi connectivity index (χ2v) is 4.95. The number of hydrogen-bond donors (Lipinski definition) is 0. The fraction of sp³-hybridized carbons (Fsp3) is 1.00. The molecular formula is C8H17ClOS. The Kier molecular flexibility index (Phi) is 7.66. The maximum Gasteiger partial charge on any atom is 0.0578 e. The molecule has 11 heavy (non-hydrogen) atoms. The Balaban J connectivity index is 3.32. The monoisotopic (exact) mass is 196 g/mol. The molecule has 0 saturated carbocycles. The van der Waals surface area contributed by atoms with Gasteiger partial charge < -0.3 is 4.74 Å². The Labute approximate surface area is 78.8 Å². The van der Waals surface area contributed by atoms with E-state index < -0.39 is 0 Å². The summed E-state index contributed by atoms with van der Waals surface area (Å²) < 4.78 is 5.03. The van der Waals surface area contributed by atoms with Crippen molar-refractivity contribution in [2.45, 2.75) is 30.8 Å². The van der Waals surface area contributed by atoms with Crippen LogP contribution in [0.1, 0.15) is 20.3 Å². The van der Waals surface area contributed by atoms with Gasteiger partial charge in [-0.15, -0.1) is 11.6 Å². The molecule has 0 spiro atoms. The molecule has 0 aliphatic heterocycles. The van der Waals surface area contributed by atoms with E-state index in [4.69, 9.17) is 16.3 Å². The van der Waals surface area contributed by atoms with Gasteiger partial charge in [0.15, 0.2) is 0 Å². The van der Waals surface area contributed by atoms with E-state index in [1.807, 2.05) is 11.8 Å². The Morgan fingerprint density at radius 3 is 2.45 bits per heavy atom. The van der Waals surface area contributed by atoms with Crippen LogP contribution in [0.4, 0.5) is 0 Å². The first kappa shape index (κ1) is 11.6. The highest BCUT2D eigenvalue weighted by molar-refractivity contribution is 8.00. The summed E-state index contributed by atoms with van der Waals surface area (Å²) in [6, 6.07) is 0. The highest BCUT2D eigenvalue weighted by atomic mass is 35.5. The van der Waals surface area contributed by atoms with Gasteiger partial charge in [0.1, 0.15) is 0 Å². The van der Waals surface area contributed by atoms with Gasteiger partial charge >= 0.3 is 0 Å². The quantitative estimate of drug-likeness (QED) is 0.605. The fourth-order valence-corrected chi connectivity index (χ4v) is 2.61. The molecule has 2 unspecified atom stereocenters. The molecule has 0 saturated heterocycles. The van der Waals surface area contributed by atoms with Crippen LogP contribution in [-0.2, 0) is 4.74 Å². The van der Waals surface area contributed by atoms with E-state index in [0.29, 0.717) is 10.5 Å². The van der Waals surface area contributed by atoms with Crippen LogP contribution in [0.3, 0.4) is 0 Å². The average molecular weight is 197 g/mol. The lowest BCUT2D eigenvalue weighted by Crippen LogP contribution is -2.10. The number of halogens is 1. The molecule has 0 aliphatic rings. The van der Waals surface area contributed by atoms with E-state index in [1.54, 1.807) is 7.11 Å². The van der Waals surface area contributed by atoms with Gasteiger partial charge in [-0.3, -0.25) is 0 Å². The summed E-state index contributed by atoms with van der Waals surface area (Å²) in [4.78, 5) is 0. The largest absolute Gasteiger partial charge is 0.384 e. The first-order valence-corrected chi connectivity index (χ1v) is 5.38. The summed E-state index contributed by atoms with van der Waals surface area (Å²) in [5.41, 5.74) is 0. The van der Waals surface area contributed by atoms with Crippen LogP contribution in [0.15, 0.2) is 0 Å². The molecule has 0 N–H and O–H groups in total. The van der Waals surface area contributed by atoms with Crippen molar-refractivity contribution in [2.75, 3.05) is 19.6 Å². The second kappa shape index (κ2) is 7.26. The maximum atomic E-state index is 5.61. The molecule has 0 heterocycles. The number of alkyl halides is 1. The zero-order chi connectivity index (χ0) is 8.69. The van der Waals surface area contributed by atoms with Crippen LogP contribution in [0.2, 0.25) is 0 Å². The highest BCUT2D eigenvalue weighted by Crippen LogP contribution is 2.20. The van der Waals surface area contributed by atoms with Crippen molar-refractivity contribution in [1.29, 1.82) is 0 Å². The van der Waals surface area contributed by atoms with Gasteiger partial charge in [0, 0.05) is 23.5 Å². The molecule has 68 valence electrons. The van der Waals surface area contributed by atoms with E-state index >= 15 is 0 Å². The predicted molar refractivity (Wildman–Crippen MR) is 53.7 cm³/mol. The second-order valence-electron chi connectivity index (χ2n) is 2.69. The van der Waals surface area contributed by atoms with Gasteiger partial charge in [-0.2, -0.15) is 11.8 Å². The van der Waals surface area contributed by atoms with E-state index in [2.05, 4.69) is 13.8 Å². The number of methoxy groups -OCH3 is 1. The molecule has 2 atom stereocenters. The third-order valence-electron chi connectivity index (χ3n) is 1.38. The molecule has 0 aromatic carbocycles. The van der Waals surface area contributed by atoms with Crippen molar-refractivity contribution in [3.05, 3.63) is 0 Å². The van der Waals surface area contributed by atoms with Gasteiger partial charge in [0.05, 0.1) is 6.61 Å². The number of ether oxygens (including phenoxy) is 1. The number of rotatable bonds is 6. The minimum atomic E-state index is 0.582. The van der Waals surface area contributed by atoms with E-state index in [0.717, 1.165) is 18.9 Å².